The van der Waals surface area contributed by atoms with Crippen LogP contribution in [0.4, 0.5) is 16.4 Å². The molecule has 0 unspecified atom stereocenters. The molecule has 196 valence electrons. The van der Waals surface area contributed by atoms with Crippen LogP contribution in [0.15, 0.2) is 42.7 Å². The Kier molecular flexibility index (Phi) is 6.88. The van der Waals surface area contributed by atoms with Gasteiger partial charge in [0.2, 0.25) is 5.95 Å². The van der Waals surface area contributed by atoms with Crippen molar-refractivity contribution in [2.24, 2.45) is 0 Å². The number of aryl methyl sites for hydroxylation is 1. The number of likely N-dealkylation sites (tertiary alicyclic amines) is 1. The quantitative estimate of drug-likeness (QED) is 0.245. The van der Waals surface area contributed by atoms with E-state index in [1.54, 1.807) is 36.4 Å². The molecule has 4 aromatic rings. The van der Waals surface area contributed by atoms with Crippen molar-refractivity contribution in [1.29, 1.82) is 0 Å². The summed E-state index contributed by atoms with van der Waals surface area (Å²) >= 11 is 6.00. The molecule has 12 nitrogen and oxygen atoms in total. The van der Waals surface area contributed by atoms with Gasteiger partial charge in [0.1, 0.15) is 17.5 Å². The molecule has 0 atom stereocenters. The van der Waals surface area contributed by atoms with E-state index >= 15 is 0 Å². The number of carboxylic acid groups (broad SMARTS) is 1. The maximum Gasteiger partial charge on any atom is 0.407 e. The van der Waals surface area contributed by atoms with Gasteiger partial charge in [-0.25, -0.2) is 14.8 Å². The van der Waals surface area contributed by atoms with Crippen LogP contribution in [0.5, 0.6) is 5.75 Å². The Morgan fingerprint density at radius 2 is 1.89 bits per heavy atom. The molecule has 5 N–H and O–H groups in total. The first-order valence-corrected chi connectivity index (χ1v) is 12.2. The number of nitrogens with one attached hydrogen (secondary N) is 4. The molecule has 5 rings (SSSR count). The van der Waals surface area contributed by atoms with E-state index in [2.05, 4.69) is 30.6 Å². The summed E-state index contributed by atoms with van der Waals surface area (Å²) in [6.45, 7) is 2.68. The summed E-state index contributed by atoms with van der Waals surface area (Å²) in [5, 5.41) is 15.0. The molecular formula is C25H24ClN7O5. The molecule has 1 aliphatic rings. The van der Waals surface area contributed by atoms with E-state index in [4.69, 9.17) is 21.4 Å². The standard InChI is InChI=1S/C25H24ClN7O5/c1-13-10-16(38-15-6-8-33(9-7-15)25(36)37)3-5-17(13)29-22(34)20-21(28-12-27-20)23(35)32-24-30-18-4-2-14(26)11-19(18)31-24/h2-5,10-12,15H,6-9H2,1H3,(H,27,28)(H,29,34)(H,36,37)(H2,30,31,32,35). The van der Waals surface area contributed by atoms with Gasteiger partial charge in [0.25, 0.3) is 11.8 Å². The molecule has 0 bridgehead atoms. The zero-order valence-corrected chi connectivity index (χ0v) is 21.0. The minimum absolute atomic E-state index is 0.0219. The highest BCUT2D eigenvalue weighted by Gasteiger charge is 2.24. The largest absolute Gasteiger partial charge is 0.490 e. The number of fused-ring (bicyclic) bond motifs is 1. The van der Waals surface area contributed by atoms with Crippen molar-refractivity contribution in [2.75, 3.05) is 23.7 Å². The number of anilines is 2. The van der Waals surface area contributed by atoms with Crippen molar-refractivity contribution in [3.05, 3.63) is 64.7 Å². The summed E-state index contributed by atoms with van der Waals surface area (Å²) in [4.78, 5) is 52.3. The molecule has 0 radical (unpaired) electrons. The van der Waals surface area contributed by atoms with Crippen molar-refractivity contribution >= 4 is 52.2 Å². The number of benzene rings is 2. The minimum Gasteiger partial charge on any atom is -0.490 e. The number of halogens is 1. The SMILES string of the molecule is Cc1cc(OC2CCN(C(=O)O)CC2)ccc1NC(=O)c1nc[nH]c1C(=O)Nc1nc2ccc(Cl)cc2[nH]1. The van der Waals surface area contributed by atoms with Gasteiger partial charge in [-0.05, 0) is 48.9 Å². The van der Waals surface area contributed by atoms with Crippen molar-refractivity contribution in [2.45, 2.75) is 25.9 Å². The average molecular weight is 538 g/mol. The third kappa shape index (κ3) is 5.39. The predicted octanol–water partition coefficient (Wildman–Crippen LogP) is 4.27. The molecule has 1 aliphatic heterocycles. The Balaban J connectivity index is 1.22. The van der Waals surface area contributed by atoms with Crippen LogP contribution in [0.1, 0.15) is 39.4 Å². The fourth-order valence-electron chi connectivity index (χ4n) is 4.24. The molecule has 1 saturated heterocycles. The summed E-state index contributed by atoms with van der Waals surface area (Å²) < 4.78 is 6.01. The number of imidazole rings is 2. The van der Waals surface area contributed by atoms with Crippen LogP contribution in [0.3, 0.4) is 0 Å². The van der Waals surface area contributed by atoms with Crippen LogP contribution < -0.4 is 15.4 Å². The van der Waals surface area contributed by atoms with Crippen LogP contribution in [0, 0.1) is 6.92 Å². The smallest absolute Gasteiger partial charge is 0.407 e. The van der Waals surface area contributed by atoms with Gasteiger partial charge in [-0.3, -0.25) is 14.9 Å². The van der Waals surface area contributed by atoms with Gasteiger partial charge in [-0.1, -0.05) is 11.6 Å². The Labute approximate surface area is 221 Å². The van der Waals surface area contributed by atoms with Gasteiger partial charge in [0, 0.05) is 36.6 Å². The number of aromatic amines is 2. The second-order valence-corrected chi connectivity index (χ2v) is 9.28. The number of hydrogen-bond donors (Lipinski definition) is 5. The number of rotatable bonds is 6. The monoisotopic (exact) mass is 537 g/mol. The first kappa shape index (κ1) is 25.1. The zero-order chi connectivity index (χ0) is 26.8. The molecule has 0 saturated carbocycles. The molecular weight excluding hydrogens is 514 g/mol. The van der Waals surface area contributed by atoms with E-state index in [9.17, 15) is 14.4 Å². The van der Waals surface area contributed by atoms with E-state index in [-0.39, 0.29) is 23.4 Å². The highest BCUT2D eigenvalue weighted by Crippen LogP contribution is 2.25. The fourth-order valence-corrected chi connectivity index (χ4v) is 4.41. The van der Waals surface area contributed by atoms with Gasteiger partial charge < -0.3 is 30.0 Å². The molecule has 0 spiro atoms. The lowest BCUT2D eigenvalue weighted by Gasteiger charge is -2.30. The van der Waals surface area contributed by atoms with E-state index in [0.717, 1.165) is 5.56 Å². The number of aromatic nitrogens is 4. The van der Waals surface area contributed by atoms with E-state index in [1.807, 2.05) is 6.92 Å². The molecule has 13 heteroatoms. The molecule has 2 aromatic carbocycles. The number of hydrogen-bond acceptors (Lipinski definition) is 6. The predicted molar refractivity (Wildman–Crippen MR) is 140 cm³/mol. The number of carbonyl (C=O) groups is 3. The maximum atomic E-state index is 13.0. The first-order chi connectivity index (χ1) is 18.3. The van der Waals surface area contributed by atoms with E-state index in [0.29, 0.717) is 53.4 Å². The number of piperidine rings is 1. The van der Waals surface area contributed by atoms with Crippen molar-refractivity contribution < 1.29 is 24.2 Å². The lowest BCUT2D eigenvalue weighted by molar-refractivity contribution is 0.0893. The summed E-state index contributed by atoms with van der Waals surface area (Å²) in [6.07, 6.45) is 1.48. The number of ether oxygens (including phenoxy) is 1. The molecule has 0 aliphatic carbocycles. The van der Waals surface area contributed by atoms with Crippen LogP contribution in [0.2, 0.25) is 5.02 Å². The van der Waals surface area contributed by atoms with Crippen molar-refractivity contribution in [3.8, 4) is 5.75 Å². The van der Waals surface area contributed by atoms with Gasteiger partial charge >= 0.3 is 6.09 Å². The molecule has 2 aromatic heterocycles. The van der Waals surface area contributed by atoms with Crippen LogP contribution >= 0.6 is 11.6 Å². The van der Waals surface area contributed by atoms with E-state index < -0.39 is 17.9 Å². The van der Waals surface area contributed by atoms with Gasteiger partial charge in [-0.15, -0.1) is 0 Å². The Morgan fingerprint density at radius 1 is 1.11 bits per heavy atom. The van der Waals surface area contributed by atoms with Crippen molar-refractivity contribution in [1.82, 2.24) is 24.8 Å². The molecule has 3 amide bonds. The number of amides is 3. The van der Waals surface area contributed by atoms with E-state index in [1.165, 1.54) is 11.2 Å². The number of H-pyrrole nitrogens is 2. The summed E-state index contributed by atoms with van der Waals surface area (Å²) in [7, 11) is 0. The average Bonchev–Trinajstić information content (AvgIpc) is 3.53. The first-order valence-electron chi connectivity index (χ1n) is 11.8. The van der Waals surface area contributed by atoms with Gasteiger partial charge in [0.05, 0.1) is 17.4 Å². The lowest BCUT2D eigenvalue weighted by Crippen LogP contribution is -2.41. The second-order valence-electron chi connectivity index (χ2n) is 8.84. The van der Waals surface area contributed by atoms with Crippen molar-refractivity contribution in [3.63, 3.8) is 0 Å². The highest BCUT2D eigenvalue weighted by atomic mass is 35.5. The van der Waals surface area contributed by atoms with Crippen LogP contribution in [0.25, 0.3) is 11.0 Å². The normalized spacial score (nSPS) is 13.9. The lowest BCUT2D eigenvalue weighted by atomic mass is 10.1. The van der Waals surface area contributed by atoms with Gasteiger partial charge in [-0.2, -0.15) is 0 Å². The highest BCUT2D eigenvalue weighted by molar-refractivity contribution is 6.31. The van der Waals surface area contributed by atoms with Crippen LogP contribution in [-0.2, 0) is 0 Å². The Bertz CT molecular complexity index is 1520. The molecule has 1 fully saturated rings. The second kappa shape index (κ2) is 10.4. The third-order valence-corrected chi connectivity index (χ3v) is 6.45. The molecule has 38 heavy (non-hydrogen) atoms. The maximum absolute atomic E-state index is 13.0. The number of nitrogens with zero attached hydrogens (tertiary/aromatic N) is 3. The Hall–Kier alpha value is -4.58. The number of carbonyl (C=O) groups excluding carboxylic acids is 2. The van der Waals surface area contributed by atoms with Gasteiger partial charge in [0.15, 0.2) is 5.69 Å². The van der Waals surface area contributed by atoms with Crippen LogP contribution in [-0.4, -0.2) is 67.0 Å². The molecule has 3 heterocycles. The summed E-state index contributed by atoms with van der Waals surface area (Å²) in [5.41, 5.74) is 2.47. The summed E-state index contributed by atoms with van der Waals surface area (Å²) in [6, 6.07) is 10.3. The third-order valence-electron chi connectivity index (χ3n) is 6.22. The topological polar surface area (TPSA) is 165 Å². The Morgan fingerprint density at radius 3 is 2.63 bits per heavy atom. The zero-order valence-electron chi connectivity index (χ0n) is 20.2. The minimum atomic E-state index is -0.920. The summed E-state index contributed by atoms with van der Waals surface area (Å²) in [5.74, 6) is -0.327. The fraction of sp³-hybridized carbons (Fsp3) is 0.240.